The number of likely N-dealkylation sites (tertiary alicyclic amines) is 1. The Kier molecular flexibility index (Phi) is 6.71. The fourth-order valence-electron chi connectivity index (χ4n) is 5.69. The normalized spacial score (nSPS) is 18.2. The molecule has 2 aliphatic heterocycles. The topological polar surface area (TPSA) is 48.5 Å². The number of para-hydroxylation sites is 1. The first kappa shape index (κ1) is 23.2. The van der Waals surface area contributed by atoms with Crippen LogP contribution in [0.1, 0.15) is 40.9 Å². The van der Waals surface area contributed by atoms with Crippen LogP contribution < -0.4 is 10.2 Å². The Hall–Kier alpha value is -3.22. The fraction of sp³-hybridized carbons (Fsp3) is 0.333. The number of piperidine rings is 1. The summed E-state index contributed by atoms with van der Waals surface area (Å²) in [5, 5.41) is 8.62. The molecule has 0 aliphatic carbocycles. The van der Waals surface area contributed by atoms with Crippen LogP contribution in [0, 0.1) is 5.92 Å². The number of amides is 1. The van der Waals surface area contributed by atoms with Gasteiger partial charge in [-0.3, -0.25) is 9.69 Å². The van der Waals surface area contributed by atoms with Crippen molar-refractivity contribution < 1.29 is 4.79 Å². The molecule has 36 heavy (non-hydrogen) atoms. The highest BCUT2D eigenvalue weighted by Crippen LogP contribution is 2.35. The summed E-state index contributed by atoms with van der Waals surface area (Å²) in [4.78, 5) is 22.5. The molecule has 5 nitrogen and oxygen atoms in total. The Morgan fingerprint density at radius 3 is 2.83 bits per heavy atom. The number of nitrogens with one attached hydrogen (secondary N) is 1. The second kappa shape index (κ2) is 10.4. The first-order valence-electron chi connectivity index (χ1n) is 13.0. The number of rotatable bonds is 6. The molecule has 1 atom stereocenters. The van der Waals surface area contributed by atoms with E-state index in [1.807, 2.05) is 5.38 Å². The Labute approximate surface area is 216 Å². The highest BCUT2D eigenvalue weighted by atomic mass is 32.1. The lowest BCUT2D eigenvalue weighted by atomic mass is 9.96. The molecule has 0 unspecified atom stereocenters. The average Bonchev–Trinajstić information content (AvgIpc) is 3.42. The average molecular weight is 497 g/mol. The van der Waals surface area contributed by atoms with Gasteiger partial charge in [0.25, 0.3) is 5.91 Å². The molecule has 184 valence electrons. The molecule has 2 aliphatic rings. The molecule has 1 saturated heterocycles. The number of aromatic nitrogens is 1. The van der Waals surface area contributed by atoms with Crippen LogP contribution in [-0.4, -0.2) is 42.0 Å². The van der Waals surface area contributed by atoms with Gasteiger partial charge < -0.3 is 10.2 Å². The molecular weight excluding hydrogens is 464 g/mol. The van der Waals surface area contributed by atoms with E-state index in [9.17, 15) is 4.79 Å². The third-order valence-corrected chi connectivity index (χ3v) is 8.36. The molecule has 0 saturated carbocycles. The van der Waals surface area contributed by atoms with Crippen molar-refractivity contribution in [3.8, 4) is 0 Å². The number of fused-ring (bicyclic) bond motifs is 2. The van der Waals surface area contributed by atoms with E-state index in [-0.39, 0.29) is 5.91 Å². The van der Waals surface area contributed by atoms with Crippen LogP contribution in [0.5, 0.6) is 0 Å². The molecule has 6 heteroatoms. The molecule has 1 fully saturated rings. The van der Waals surface area contributed by atoms with Crippen molar-refractivity contribution in [1.29, 1.82) is 0 Å². The molecule has 0 radical (unpaired) electrons. The predicted octanol–water partition coefficient (Wildman–Crippen LogP) is 6.02. The van der Waals surface area contributed by atoms with Gasteiger partial charge in [0.05, 0.1) is 0 Å². The highest BCUT2D eigenvalue weighted by Gasteiger charge is 2.24. The van der Waals surface area contributed by atoms with Crippen LogP contribution in [0.3, 0.4) is 0 Å². The summed E-state index contributed by atoms with van der Waals surface area (Å²) >= 11 is 1.56. The molecular formula is C30H32N4OS. The van der Waals surface area contributed by atoms with Gasteiger partial charge in [0.15, 0.2) is 5.13 Å². The first-order valence-corrected chi connectivity index (χ1v) is 13.9. The number of carbonyl (C=O) groups is 1. The molecule has 1 aromatic heterocycles. The van der Waals surface area contributed by atoms with Gasteiger partial charge >= 0.3 is 0 Å². The molecule has 1 N–H and O–H groups in total. The van der Waals surface area contributed by atoms with Crippen LogP contribution in [0.25, 0.3) is 10.8 Å². The van der Waals surface area contributed by atoms with Crippen molar-refractivity contribution in [3.05, 3.63) is 88.9 Å². The predicted molar refractivity (Wildman–Crippen MR) is 148 cm³/mol. The Balaban J connectivity index is 1.06. The standard InChI is InChI=1S/C30H32N4OS/c35-29(27-21-36-30(32-27)34-17-7-13-24-10-2-4-15-28(24)34)31-18-22-8-6-16-33(19-22)20-25-12-5-11-23-9-1-3-14-26(23)25/h1-5,9-12,14-15,21-22H,6-8,13,16-20H2,(H,31,35)/t22-/m0/s1. The first-order chi connectivity index (χ1) is 17.7. The van der Waals surface area contributed by atoms with Crippen LogP contribution in [0.2, 0.25) is 0 Å². The summed E-state index contributed by atoms with van der Waals surface area (Å²) in [6, 6.07) is 23.7. The SMILES string of the molecule is O=C(NC[C@@H]1CCCN(Cc2cccc3ccccc23)C1)c1csc(N2CCCc3ccccc32)n1. The van der Waals surface area contributed by atoms with Crippen molar-refractivity contribution in [3.63, 3.8) is 0 Å². The maximum absolute atomic E-state index is 12.9. The minimum atomic E-state index is -0.0611. The summed E-state index contributed by atoms with van der Waals surface area (Å²) in [5.41, 5.74) is 4.49. The lowest BCUT2D eigenvalue weighted by Gasteiger charge is -2.33. The highest BCUT2D eigenvalue weighted by molar-refractivity contribution is 7.14. The van der Waals surface area contributed by atoms with Crippen molar-refractivity contribution in [1.82, 2.24) is 15.2 Å². The third-order valence-electron chi connectivity index (χ3n) is 7.49. The van der Waals surface area contributed by atoms with Crippen LogP contribution >= 0.6 is 11.3 Å². The molecule has 6 rings (SSSR count). The number of benzene rings is 3. The zero-order valence-corrected chi connectivity index (χ0v) is 21.3. The quantitative estimate of drug-likeness (QED) is 0.354. The zero-order chi connectivity index (χ0) is 24.3. The van der Waals surface area contributed by atoms with Crippen LogP contribution in [0.4, 0.5) is 10.8 Å². The van der Waals surface area contributed by atoms with Crippen molar-refractivity contribution >= 4 is 38.8 Å². The van der Waals surface area contributed by atoms with Gasteiger partial charge in [0, 0.05) is 37.2 Å². The Morgan fingerprint density at radius 1 is 1.00 bits per heavy atom. The number of carbonyl (C=O) groups excluding carboxylic acids is 1. The van der Waals surface area contributed by atoms with Gasteiger partial charge in [-0.15, -0.1) is 11.3 Å². The number of aryl methyl sites for hydroxylation is 1. The number of anilines is 2. The second-order valence-electron chi connectivity index (χ2n) is 9.99. The van der Waals surface area contributed by atoms with Crippen LogP contribution in [0.15, 0.2) is 72.1 Å². The number of hydrogen-bond acceptors (Lipinski definition) is 5. The monoisotopic (exact) mass is 496 g/mol. The second-order valence-corrected chi connectivity index (χ2v) is 10.8. The number of hydrogen-bond donors (Lipinski definition) is 1. The summed E-state index contributed by atoms with van der Waals surface area (Å²) in [5.74, 6) is 0.402. The van der Waals surface area contributed by atoms with Crippen LogP contribution in [-0.2, 0) is 13.0 Å². The number of nitrogens with zero attached hydrogens (tertiary/aromatic N) is 3. The van der Waals surface area contributed by atoms with Gasteiger partial charge in [-0.2, -0.15) is 0 Å². The lowest BCUT2D eigenvalue weighted by Crippen LogP contribution is -2.40. The van der Waals surface area contributed by atoms with Gasteiger partial charge in [-0.05, 0) is 66.1 Å². The lowest BCUT2D eigenvalue weighted by molar-refractivity contribution is 0.0926. The molecule has 0 bridgehead atoms. The van der Waals surface area contributed by atoms with E-state index >= 15 is 0 Å². The van der Waals surface area contributed by atoms with E-state index in [4.69, 9.17) is 4.98 Å². The smallest absolute Gasteiger partial charge is 0.270 e. The van der Waals surface area contributed by atoms with E-state index in [1.54, 1.807) is 11.3 Å². The largest absolute Gasteiger partial charge is 0.350 e. The van der Waals surface area contributed by atoms with Crippen molar-refractivity contribution in [2.24, 2.45) is 5.92 Å². The van der Waals surface area contributed by atoms with Gasteiger partial charge in [-0.25, -0.2) is 4.98 Å². The molecule has 3 aromatic carbocycles. The van der Waals surface area contributed by atoms with Crippen molar-refractivity contribution in [2.75, 3.05) is 31.1 Å². The fourth-order valence-corrected chi connectivity index (χ4v) is 6.53. The maximum Gasteiger partial charge on any atom is 0.270 e. The van der Waals surface area contributed by atoms with Crippen molar-refractivity contribution in [2.45, 2.75) is 32.2 Å². The minimum Gasteiger partial charge on any atom is -0.350 e. The van der Waals surface area contributed by atoms with E-state index in [0.29, 0.717) is 18.2 Å². The molecule has 0 spiro atoms. The summed E-state index contributed by atoms with van der Waals surface area (Å²) in [6.07, 6.45) is 4.53. The molecule has 3 heterocycles. The van der Waals surface area contributed by atoms with Gasteiger partial charge in [0.1, 0.15) is 5.69 Å². The van der Waals surface area contributed by atoms with E-state index in [1.165, 1.54) is 34.0 Å². The van der Waals surface area contributed by atoms with E-state index < -0.39 is 0 Å². The maximum atomic E-state index is 12.9. The minimum absolute atomic E-state index is 0.0611. The summed E-state index contributed by atoms with van der Waals surface area (Å²) in [7, 11) is 0. The molecule has 1 amide bonds. The van der Waals surface area contributed by atoms with E-state index in [2.05, 4.69) is 81.8 Å². The summed E-state index contributed by atoms with van der Waals surface area (Å²) < 4.78 is 0. The van der Waals surface area contributed by atoms with Gasteiger partial charge in [-0.1, -0.05) is 60.7 Å². The Bertz CT molecular complexity index is 1360. The summed E-state index contributed by atoms with van der Waals surface area (Å²) in [6.45, 7) is 4.72. The molecule has 4 aromatic rings. The zero-order valence-electron chi connectivity index (χ0n) is 20.5. The van der Waals surface area contributed by atoms with E-state index in [0.717, 1.165) is 50.6 Å². The third kappa shape index (κ3) is 4.88. The Morgan fingerprint density at radius 2 is 1.86 bits per heavy atom. The number of thiazole rings is 1. The van der Waals surface area contributed by atoms with Gasteiger partial charge in [0.2, 0.25) is 0 Å².